The van der Waals surface area contributed by atoms with Crippen LogP contribution in [-0.4, -0.2) is 30.9 Å². The normalized spacial score (nSPS) is 21.0. The number of nitrogens with zero attached hydrogens (tertiary/aromatic N) is 2. The number of nitrogens with one attached hydrogen (secondary N) is 1. The number of fused-ring (bicyclic) bond motifs is 6. The van der Waals surface area contributed by atoms with Crippen LogP contribution in [0.5, 0.6) is 0 Å². The van der Waals surface area contributed by atoms with E-state index in [9.17, 15) is 0 Å². The second kappa shape index (κ2) is 9.47. The fourth-order valence-corrected chi connectivity index (χ4v) is 7.77. The molecule has 210 valence electrons. The van der Waals surface area contributed by atoms with Crippen LogP contribution in [-0.2, 0) is 10.8 Å². The number of hydrogen-bond donors (Lipinski definition) is 1. The molecular weight excluding hydrogens is 534 g/mol. The summed E-state index contributed by atoms with van der Waals surface area (Å²) in [6.07, 6.45) is 8.83. The first-order valence-corrected chi connectivity index (χ1v) is 15.1. The fraction of sp³-hybridized carbons (Fsp3) is 0.237. The van der Waals surface area contributed by atoms with E-state index in [1.165, 1.54) is 55.5 Å². The van der Waals surface area contributed by atoms with Crippen LogP contribution in [0.15, 0.2) is 119 Å². The van der Waals surface area contributed by atoms with Crippen LogP contribution in [0, 0.1) is 0 Å². The van der Waals surface area contributed by atoms with Crippen LogP contribution >= 0.6 is 11.6 Å². The van der Waals surface area contributed by atoms with Crippen molar-refractivity contribution < 1.29 is 4.58 Å². The third-order valence-electron chi connectivity index (χ3n) is 9.63. The van der Waals surface area contributed by atoms with E-state index >= 15 is 0 Å². The van der Waals surface area contributed by atoms with Crippen LogP contribution in [0.4, 0.5) is 11.4 Å². The SMILES string of the molecule is CN1C(=C/C=C2\NCC(C=CC3=[N+](C)c4ccc5ccccc5c4C3(C)C)=C2Cl)C(C)(C)c2c1ccc1ccccc21. The van der Waals surface area contributed by atoms with Crippen molar-refractivity contribution in [2.45, 2.75) is 38.5 Å². The summed E-state index contributed by atoms with van der Waals surface area (Å²) >= 11 is 7.00. The van der Waals surface area contributed by atoms with E-state index < -0.39 is 0 Å². The molecule has 0 amide bonds. The molecule has 0 saturated heterocycles. The lowest BCUT2D eigenvalue weighted by Gasteiger charge is -2.24. The van der Waals surface area contributed by atoms with E-state index in [1.807, 2.05) is 0 Å². The van der Waals surface area contributed by atoms with Gasteiger partial charge >= 0.3 is 0 Å². The van der Waals surface area contributed by atoms with Crippen molar-refractivity contribution in [3.05, 3.63) is 130 Å². The highest BCUT2D eigenvalue weighted by Gasteiger charge is 2.44. The van der Waals surface area contributed by atoms with Crippen LogP contribution in [0.1, 0.15) is 38.8 Å². The number of rotatable bonds is 3. The van der Waals surface area contributed by atoms with Gasteiger partial charge < -0.3 is 10.2 Å². The monoisotopic (exact) mass is 570 g/mol. The minimum Gasteiger partial charge on any atom is -0.380 e. The molecule has 4 aromatic carbocycles. The number of hydrogen-bond acceptors (Lipinski definition) is 2. The van der Waals surface area contributed by atoms with Crippen molar-refractivity contribution in [2.75, 3.05) is 25.5 Å². The van der Waals surface area contributed by atoms with Crippen molar-refractivity contribution in [1.29, 1.82) is 0 Å². The van der Waals surface area contributed by atoms with Gasteiger partial charge in [0.1, 0.15) is 7.05 Å². The third kappa shape index (κ3) is 3.83. The molecule has 0 aromatic heterocycles. The van der Waals surface area contributed by atoms with Gasteiger partial charge in [0, 0.05) is 48.1 Å². The highest BCUT2D eigenvalue weighted by Crippen LogP contribution is 2.50. The molecule has 1 N–H and O–H groups in total. The zero-order valence-corrected chi connectivity index (χ0v) is 26.0. The predicted molar refractivity (Wildman–Crippen MR) is 179 cm³/mol. The van der Waals surface area contributed by atoms with Crippen LogP contribution in [0.3, 0.4) is 0 Å². The summed E-state index contributed by atoms with van der Waals surface area (Å²) in [6.45, 7) is 9.99. The molecule has 3 aliphatic heterocycles. The molecule has 3 aliphatic rings. The molecule has 0 unspecified atom stereocenters. The van der Waals surface area contributed by atoms with Gasteiger partial charge in [-0.15, -0.1) is 0 Å². The summed E-state index contributed by atoms with van der Waals surface area (Å²) < 4.78 is 2.33. The molecule has 0 fully saturated rings. The Bertz CT molecular complexity index is 1970. The average molecular weight is 571 g/mol. The van der Waals surface area contributed by atoms with Gasteiger partial charge in [0.2, 0.25) is 5.69 Å². The lowest BCUT2D eigenvalue weighted by atomic mass is 9.79. The largest absolute Gasteiger partial charge is 0.380 e. The van der Waals surface area contributed by atoms with Gasteiger partial charge in [-0.05, 0) is 76.9 Å². The molecule has 0 radical (unpaired) electrons. The summed E-state index contributed by atoms with van der Waals surface area (Å²) in [5.41, 5.74) is 9.64. The average Bonchev–Trinajstić information content (AvgIpc) is 3.50. The van der Waals surface area contributed by atoms with Gasteiger partial charge in [0.25, 0.3) is 0 Å². The summed E-state index contributed by atoms with van der Waals surface area (Å²) in [5, 5.41) is 9.53. The third-order valence-corrected chi connectivity index (χ3v) is 10.1. The Kier molecular flexibility index (Phi) is 6.04. The smallest absolute Gasteiger partial charge is 0.210 e. The van der Waals surface area contributed by atoms with Gasteiger partial charge in [-0.1, -0.05) is 80.0 Å². The number of anilines is 1. The second-order valence-electron chi connectivity index (χ2n) is 12.8. The predicted octanol–water partition coefficient (Wildman–Crippen LogP) is 8.85. The molecule has 0 aliphatic carbocycles. The Balaban J connectivity index is 1.20. The van der Waals surface area contributed by atoms with E-state index in [1.54, 1.807) is 0 Å². The first-order valence-electron chi connectivity index (χ1n) is 14.7. The van der Waals surface area contributed by atoms with Gasteiger partial charge in [-0.25, -0.2) is 0 Å². The molecule has 4 aromatic rings. The summed E-state index contributed by atoms with van der Waals surface area (Å²) in [5.74, 6) is 0. The summed E-state index contributed by atoms with van der Waals surface area (Å²) in [6, 6.07) is 26.3. The van der Waals surface area contributed by atoms with Crippen molar-refractivity contribution >= 4 is 50.2 Å². The van der Waals surface area contributed by atoms with E-state index in [2.05, 4.69) is 154 Å². The van der Waals surface area contributed by atoms with Gasteiger partial charge in [-0.2, -0.15) is 4.58 Å². The fourth-order valence-electron chi connectivity index (χ4n) is 7.51. The quantitative estimate of drug-likeness (QED) is 0.248. The van der Waals surface area contributed by atoms with Crippen molar-refractivity contribution in [1.82, 2.24) is 5.32 Å². The number of allylic oxidation sites excluding steroid dienone is 5. The Hall–Kier alpha value is -4.08. The summed E-state index contributed by atoms with van der Waals surface area (Å²) in [7, 11) is 4.34. The minimum absolute atomic E-state index is 0.124. The lowest BCUT2D eigenvalue weighted by Crippen LogP contribution is -2.27. The van der Waals surface area contributed by atoms with Gasteiger partial charge in [-0.3, -0.25) is 0 Å². The maximum Gasteiger partial charge on any atom is 0.210 e. The number of halogens is 1. The zero-order valence-electron chi connectivity index (χ0n) is 25.2. The van der Waals surface area contributed by atoms with Gasteiger partial charge in [0.05, 0.1) is 16.1 Å². The molecule has 0 saturated carbocycles. The zero-order chi connectivity index (χ0) is 29.4. The Labute approximate surface area is 253 Å². The van der Waals surface area contributed by atoms with E-state index in [0.29, 0.717) is 6.54 Å². The standard InChI is InChI=1S/C38H37ClN3/c1-37(2)32(41(5)30-19-15-24-11-7-9-13-27(24)34(30)37)21-17-26-23-40-29(36(26)39)18-22-33-38(3,4)35-28-14-10-8-12-25(28)16-20-31(35)42(33)6/h7-22,40H,23H2,1-6H3/q+1. The topological polar surface area (TPSA) is 18.3 Å². The molecule has 42 heavy (non-hydrogen) atoms. The molecule has 0 bridgehead atoms. The van der Waals surface area contributed by atoms with E-state index in [0.717, 1.165) is 16.3 Å². The maximum absolute atomic E-state index is 7.00. The highest BCUT2D eigenvalue weighted by molar-refractivity contribution is 6.33. The molecule has 7 rings (SSSR count). The van der Waals surface area contributed by atoms with Crippen molar-refractivity contribution in [2.24, 2.45) is 0 Å². The summed E-state index contributed by atoms with van der Waals surface area (Å²) in [4.78, 5) is 2.32. The molecule has 4 heteroatoms. The Morgan fingerprint density at radius 3 is 2.14 bits per heavy atom. The first kappa shape index (κ1) is 26.8. The molecule has 0 atom stereocenters. The maximum atomic E-state index is 7.00. The number of likely N-dealkylation sites (N-methyl/N-ethyl adjacent to an activating group) is 1. The number of benzene rings is 4. The van der Waals surface area contributed by atoms with Crippen LogP contribution in [0.2, 0.25) is 0 Å². The van der Waals surface area contributed by atoms with Crippen LogP contribution < -0.4 is 10.2 Å². The van der Waals surface area contributed by atoms with Crippen molar-refractivity contribution in [3.8, 4) is 0 Å². The lowest BCUT2D eigenvalue weighted by molar-refractivity contribution is -0.401. The Morgan fingerprint density at radius 1 is 0.786 bits per heavy atom. The van der Waals surface area contributed by atoms with Gasteiger partial charge in [0.15, 0.2) is 5.71 Å². The van der Waals surface area contributed by atoms with Crippen molar-refractivity contribution in [3.63, 3.8) is 0 Å². The molecule has 0 spiro atoms. The molecule has 3 nitrogen and oxygen atoms in total. The van der Waals surface area contributed by atoms with E-state index in [4.69, 9.17) is 11.6 Å². The molecular formula is C38H37ClN3+. The highest BCUT2D eigenvalue weighted by atomic mass is 35.5. The van der Waals surface area contributed by atoms with Crippen LogP contribution in [0.25, 0.3) is 21.5 Å². The minimum atomic E-state index is -0.131. The van der Waals surface area contributed by atoms with E-state index in [-0.39, 0.29) is 10.8 Å². The first-order chi connectivity index (χ1) is 20.1. The molecule has 3 heterocycles. The second-order valence-corrected chi connectivity index (χ2v) is 13.2. The Morgan fingerprint density at radius 2 is 1.43 bits per heavy atom.